The summed E-state index contributed by atoms with van der Waals surface area (Å²) in [4.78, 5) is 11.6. The molecule has 0 bridgehead atoms. The molecule has 0 aliphatic rings. The van der Waals surface area contributed by atoms with Crippen LogP contribution in [0.15, 0.2) is 55.1 Å². The summed E-state index contributed by atoms with van der Waals surface area (Å²) in [5, 5.41) is 0. The molecule has 102 valence electrons. The van der Waals surface area contributed by atoms with Crippen LogP contribution in [-0.4, -0.2) is 12.6 Å². The van der Waals surface area contributed by atoms with E-state index in [1.807, 2.05) is 30.3 Å². The van der Waals surface area contributed by atoms with Gasteiger partial charge >= 0.3 is 5.97 Å². The first kappa shape index (κ1) is 14.0. The molecule has 20 heavy (non-hydrogen) atoms. The van der Waals surface area contributed by atoms with Crippen LogP contribution in [0.2, 0.25) is 0 Å². The van der Waals surface area contributed by atoms with Crippen LogP contribution < -0.4 is 0 Å². The van der Waals surface area contributed by atoms with E-state index in [1.54, 1.807) is 19.1 Å². The molecule has 0 aliphatic carbocycles. The second-order valence-corrected chi connectivity index (χ2v) is 4.26. The molecular formula is C17H15FO2. The quantitative estimate of drug-likeness (QED) is 0.618. The molecule has 0 amide bonds. The Labute approximate surface area is 117 Å². The molecule has 0 spiro atoms. The van der Waals surface area contributed by atoms with Crippen LogP contribution in [0.1, 0.15) is 12.5 Å². The van der Waals surface area contributed by atoms with Crippen LogP contribution in [0.4, 0.5) is 4.39 Å². The van der Waals surface area contributed by atoms with Crippen LogP contribution in [0.25, 0.3) is 16.7 Å². The van der Waals surface area contributed by atoms with Gasteiger partial charge in [-0.2, -0.15) is 0 Å². The fraction of sp³-hybridized carbons (Fsp3) is 0.118. The Balaban J connectivity index is 2.31. The molecule has 0 aromatic heterocycles. The van der Waals surface area contributed by atoms with E-state index in [1.165, 1.54) is 6.07 Å². The third kappa shape index (κ3) is 2.94. The van der Waals surface area contributed by atoms with Crippen LogP contribution >= 0.6 is 0 Å². The second-order valence-electron chi connectivity index (χ2n) is 4.26. The summed E-state index contributed by atoms with van der Waals surface area (Å²) in [6.45, 7) is 5.52. The maximum absolute atomic E-state index is 14.1. The number of benzene rings is 2. The van der Waals surface area contributed by atoms with Crippen LogP contribution in [0, 0.1) is 5.82 Å². The van der Waals surface area contributed by atoms with Gasteiger partial charge < -0.3 is 4.74 Å². The van der Waals surface area contributed by atoms with E-state index >= 15 is 0 Å². The molecule has 0 heterocycles. The van der Waals surface area contributed by atoms with Gasteiger partial charge in [-0.15, -0.1) is 0 Å². The van der Waals surface area contributed by atoms with Gasteiger partial charge in [-0.3, -0.25) is 0 Å². The maximum Gasteiger partial charge on any atom is 0.338 e. The minimum absolute atomic E-state index is 0.0314. The summed E-state index contributed by atoms with van der Waals surface area (Å²) in [6.07, 6.45) is 0. The van der Waals surface area contributed by atoms with E-state index in [0.29, 0.717) is 0 Å². The number of esters is 1. The molecule has 0 aliphatic heterocycles. The Bertz CT molecular complexity index is 633. The Morgan fingerprint density at radius 3 is 2.45 bits per heavy atom. The van der Waals surface area contributed by atoms with E-state index in [2.05, 4.69) is 6.58 Å². The van der Waals surface area contributed by atoms with Crippen molar-refractivity contribution in [2.45, 2.75) is 6.92 Å². The van der Waals surface area contributed by atoms with Gasteiger partial charge in [-0.25, -0.2) is 9.18 Å². The molecule has 0 saturated heterocycles. The fourth-order valence-electron chi connectivity index (χ4n) is 1.90. The van der Waals surface area contributed by atoms with E-state index in [-0.39, 0.29) is 17.7 Å². The van der Waals surface area contributed by atoms with Crippen LogP contribution in [0.5, 0.6) is 0 Å². The molecule has 2 aromatic carbocycles. The second kappa shape index (κ2) is 6.15. The molecule has 0 fully saturated rings. The zero-order valence-electron chi connectivity index (χ0n) is 11.2. The summed E-state index contributed by atoms with van der Waals surface area (Å²) < 4.78 is 18.9. The lowest BCUT2D eigenvalue weighted by molar-refractivity contribution is -0.136. The number of hydrogen-bond donors (Lipinski definition) is 0. The van der Waals surface area contributed by atoms with E-state index in [9.17, 15) is 9.18 Å². The van der Waals surface area contributed by atoms with Gasteiger partial charge in [0.2, 0.25) is 0 Å². The molecule has 2 aromatic rings. The average Bonchev–Trinajstić information content (AvgIpc) is 2.47. The third-order valence-electron chi connectivity index (χ3n) is 2.92. The van der Waals surface area contributed by atoms with E-state index < -0.39 is 11.8 Å². The Morgan fingerprint density at radius 2 is 1.85 bits per heavy atom. The minimum Gasteiger partial charge on any atom is -0.462 e. The molecular weight excluding hydrogens is 255 g/mol. The van der Waals surface area contributed by atoms with Gasteiger partial charge in [-0.05, 0) is 24.1 Å². The first-order valence-corrected chi connectivity index (χ1v) is 6.35. The van der Waals surface area contributed by atoms with Crippen LogP contribution in [0.3, 0.4) is 0 Å². The number of carbonyl (C=O) groups excluding carboxylic acids is 1. The van der Waals surface area contributed by atoms with Gasteiger partial charge in [0.05, 0.1) is 12.2 Å². The Hall–Kier alpha value is -2.42. The lowest BCUT2D eigenvalue weighted by Gasteiger charge is -2.08. The highest BCUT2D eigenvalue weighted by Crippen LogP contribution is 2.25. The van der Waals surface area contributed by atoms with Gasteiger partial charge in [0.25, 0.3) is 0 Å². The van der Waals surface area contributed by atoms with Crippen molar-refractivity contribution in [1.82, 2.24) is 0 Å². The topological polar surface area (TPSA) is 26.3 Å². The van der Waals surface area contributed by atoms with Crippen molar-refractivity contribution in [1.29, 1.82) is 0 Å². The predicted molar refractivity (Wildman–Crippen MR) is 77.5 cm³/mol. The predicted octanol–water partition coefficient (Wildman–Crippen LogP) is 4.07. The summed E-state index contributed by atoms with van der Waals surface area (Å²) in [7, 11) is 0. The summed E-state index contributed by atoms with van der Waals surface area (Å²) in [5.41, 5.74) is 1.87. The van der Waals surface area contributed by atoms with E-state index in [0.717, 1.165) is 11.1 Å². The Morgan fingerprint density at radius 1 is 1.15 bits per heavy atom. The van der Waals surface area contributed by atoms with Crippen molar-refractivity contribution in [2.24, 2.45) is 0 Å². The molecule has 3 heteroatoms. The van der Waals surface area contributed by atoms with Crippen molar-refractivity contribution >= 4 is 11.5 Å². The average molecular weight is 270 g/mol. The highest BCUT2D eigenvalue weighted by Gasteiger charge is 2.15. The lowest BCUT2D eigenvalue weighted by Crippen LogP contribution is -2.07. The maximum atomic E-state index is 14.1. The van der Waals surface area contributed by atoms with Gasteiger partial charge in [0, 0.05) is 5.56 Å². The highest BCUT2D eigenvalue weighted by molar-refractivity contribution is 6.15. The van der Waals surface area contributed by atoms with Crippen molar-refractivity contribution in [3.63, 3.8) is 0 Å². The molecule has 2 nitrogen and oxygen atoms in total. The standard InChI is InChI=1S/C17H15FO2/c1-3-20-17(19)12(2)15-10-9-14(11-16(15)18)13-7-5-4-6-8-13/h4-11H,2-3H2,1H3. The number of ether oxygens (including phenoxy) is 1. The molecule has 0 unspecified atom stereocenters. The van der Waals surface area contributed by atoms with Crippen molar-refractivity contribution in [3.05, 3.63) is 66.5 Å². The number of carbonyl (C=O) groups is 1. The van der Waals surface area contributed by atoms with E-state index in [4.69, 9.17) is 4.74 Å². The molecule has 0 saturated carbocycles. The largest absolute Gasteiger partial charge is 0.462 e. The number of hydrogen-bond acceptors (Lipinski definition) is 2. The third-order valence-corrected chi connectivity index (χ3v) is 2.92. The smallest absolute Gasteiger partial charge is 0.338 e. The number of rotatable bonds is 4. The lowest BCUT2D eigenvalue weighted by atomic mass is 10.0. The zero-order chi connectivity index (χ0) is 14.5. The van der Waals surface area contributed by atoms with Crippen LogP contribution in [-0.2, 0) is 9.53 Å². The molecule has 2 rings (SSSR count). The fourth-order valence-corrected chi connectivity index (χ4v) is 1.90. The normalized spacial score (nSPS) is 10.1. The number of halogens is 1. The molecule has 0 radical (unpaired) electrons. The van der Waals surface area contributed by atoms with Gasteiger partial charge in [0.1, 0.15) is 5.82 Å². The monoisotopic (exact) mass is 270 g/mol. The SMILES string of the molecule is C=C(C(=O)OCC)c1ccc(-c2ccccc2)cc1F. The van der Waals surface area contributed by atoms with Crippen molar-refractivity contribution < 1.29 is 13.9 Å². The van der Waals surface area contributed by atoms with Gasteiger partial charge in [0.15, 0.2) is 0 Å². The zero-order valence-corrected chi connectivity index (χ0v) is 11.2. The highest BCUT2D eigenvalue weighted by atomic mass is 19.1. The van der Waals surface area contributed by atoms with Crippen molar-refractivity contribution in [2.75, 3.05) is 6.61 Å². The summed E-state index contributed by atoms with van der Waals surface area (Å²) in [6, 6.07) is 14.2. The summed E-state index contributed by atoms with van der Waals surface area (Å²) >= 11 is 0. The Kier molecular flexibility index (Phi) is 4.31. The minimum atomic E-state index is -0.598. The van der Waals surface area contributed by atoms with Crippen molar-refractivity contribution in [3.8, 4) is 11.1 Å². The van der Waals surface area contributed by atoms with Gasteiger partial charge in [-0.1, -0.05) is 49.0 Å². The first-order chi connectivity index (χ1) is 9.63. The molecule has 0 N–H and O–H groups in total. The first-order valence-electron chi connectivity index (χ1n) is 6.35. The molecule has 0 atom stereocenters. The summed E-state index contributed by atoms with van der Waals surface area (Å²) in [5.74, 6) is -1.08.